The van der Waals surface area contributed by atoms with E-state index in [2.05, 4.69) is 20.4 Å². The smallest absolute Gasteiger partial charge is 0.357 e. The van der Waals surface area contributed by atoms with E-state index in [4.69, 9.17) is 11.6 Å². The molecule has 2 atom stereocenters. The maximum absolute atomic E-state index is 13.4. The Hall–Kier alpha value is -2.98. The fourth-order valence-electron chi connectivity index (χ4n) is 4.62. The summed E-state index contributed by atoms with van der Waals surface area (Å²) < 4.78 is 4.66. The number of thiazole rings is 1. The van der Waals surface area contributed by atoms with Gasteiger partial charge in [0.1, 0.15) is 12.1 Å². The van der Waals surface area contributed by atoms with Crippen LogP contribution < -0.4 is 10.6 Å². The second-order valence-corrected chi connectivity index (χ2v) is 10.1. The summed E-state index contributed by atoms with van der Waals surface area (Å²) in [5.74, 6) is -1.32. The van der Waals surface area contributed by atoms with Gasteiger partial charge in [0.25, 0.3) is 5.91 Å². The van der Waals surface area contributed by atoms with Crippen molar-refractivity contribution in [2.24, 2.45) is 5.92 Å². The van der Waals surface area contributed by atoms with Crippen LogP contribution >= 0.6 is 22.9 Å². The van der Waals surface area contributed by atoms with Crippen LogP contribution in [0.1, 0.15) is 54.6 Å². The Morgan fingerprint density at radius 1 is 1.23 bits per heavy atom. The number of urea groups is 1. The van der Waals surface area contributed by atoms with Crippen LogP contribution in [0.5, 0.6) is 0 Å². The third-order valence-corrected chi connectivity index (χ3v) is 7.44. The number of imide groups is 1. The van der Waals surface area contributed by atoms with Crippen molar-refractivity contribution >= 4 is 51.9 Å². The topological polar surface area (TPSA) is 118 Å². The van der Waals surface area contributed by atoms with Crippen molar-refractivity contribution in [3.8, 4) is 0 Å². The Morgan fingerprint density at radius 2 is 1.94 bits per heavy atom. The van der Waals surface area contributed by atoms with E-state index in [0.717, 1.165) is 53.9 Å². The molecular weight excluding hydrogens is 492 g/mol. The van der Waals surface area contributed by atoms with Gasteiger partial charge in [-0.05, 0) is 30.0 Å². The molecule has 2 heterocycles. The molecule has 0 radical (unpaired) electrons. The lowest BCUT2D eigenvalue weighted by Gasteiger charge is -2.30. The highest BCUT2D eigenvalue weighted by Gasteiger charge is 2.45. The van der Waals surface area contributed by atoms with Gasteiger partial charge in [-0.1, -0.05) is 55.8 Å². The molecule has 1 aromatic carbocycles. The van der Waals surface area contributed by atoms with Gasteiger partial charge in [0, 0.05) is 16.8 Å². The monoisotopic (exact) mass is 518 g/mol. The number of aromatic nitrogens is 1. The predicted molar refractivity (Wildman–Crippen MR) is 131 cm³/mol. The van der Waals surface area contributed by atoms with Crippen molar-refractivity contribution in [3.63, 3.8) is 0 Å². The first kappa shape index (κ1) is 25.1. The van der Waals surface area contributed by atoms with Crippen LogP contribution in [-0.4, -0.2) is 52.9 Å². The molecule has 1 aromatic heterocycles. The number of halogens is 1. The van der Waals surface area contributed by atoms with Gasteiger partial charge in [0.2, 0.25) is 5.91 Å². The summed E-state index contributed by atoms with van der Waals surface area (Å²) in [7, 11) is 1.25. The molecular formula is C24H27ClN4O5S. The number of benzene rings is 1. The van der Waals surface area contributed by atoms with Crippen LogP contribution in [0.25, 0.3) is 0 Å². The van der Waals surface area contributed by atoms with E-state index in [0.29, 0.717) is 17.9 Å². The number of carbonyl (C=O) groups is 4. The number of nitrogens with zero attached hydrogens (tertiary/aromatic N) is 2. The maximum Gasteiger partial charge on any atom is 0.357 e. The molecule has 1 saturated carbocycles. The van der Waals surface area contributed by atoms with E-state index in [1.807, 2.05) is 0 Å². The Kier molecular flexibility index (Phi) is 8.02. The summed E-state index contributed by atoms with van der Waals surface area (Å²) >= 11 is 7.02. The number of amides is 4. The third-order valence-electron chi connectivity index (χ3n) is 6.43. The number of hydrogen-bond acceptors (Lipinski definition) is 7. The minimum absolute atomic E-state index is 0.0784. The van der Waals surface area contributed by atoms with Crippen LogP contribution in [0.15, 0.2) is 29.6 Å². The van der Waals surface area contributed by atoms with Gasteiger partial charge < -0.3 is 15.4 Å². The van der Waals surface area contributed by atoms with Crippen molar-refractivity contribution < 1.29 is 23.9 Å². The minimum Gasteiger partial charge on any atom is -0.464 e. The first-order chi connectivity index (χ1) is 16.9. The molecule has 0 bridgehead atoms. The van der Waals surface area contributed by atoms with Crippen LogP contribution in [0.2, 0.25) is 5.02 Å². The molecule has 35 heavy (non-hydrogen) atoms. The highest BCUT2D eigenvalue weighted by atomic mass is 35.5. The zero-order chi connectivity index (χ0) is 24.9. The Bertz CT molecular complexity index is 1100. The average Bonchev–Trinajstić information content (AvgIpc) is 3.43. The Morgan fingerprint density at radius 3 is 2.63 bits per heavy atom. The number of anilines is 1. The van der Waals surface area contributed by atoms with Crippen LogP contribution in [0.4, 0.5) is 9.93 Å². The second kappa shape index (κ2) is 11.2. The molecule has 1 aliphatic heterocycles. The van der Waals surface area contributed by atoms with E-state index in [1.54, 1.807) is 24.3 Å². The number of nitrogens with one attached hydrogen (secondary N) is 2. The zero-order valence-corrected chi connectivity index (χ0v) is 20.9. The molecule has 1 saturated heterocycles. The number of carbonyl (C=O) groups excluding carboxylic acids is 4. The van der Waals surface area contributed by atoms with E-state index in [9.17, 15) is 19.2 Å². The second-order valence-electron chi connectivity index (χ2n) is 8.82. The van der Waals surface area contributed by atoms with Gasteiger partial charge in [-0.15, -0.1) is 11.3 Å². The van der Waals surface area contributed by atoms with Crippen LogP contribution in [-0.2, 0) is 20.7 Å². The van der Waals surface area contributed by atoms with Gasteiger partial charge in [-0.2, -0.15) is 0 Å². The quantitative estimate of drug-likeness (QED) is 0.402. The number of esters is 1. The molecule has 2 fully saturated rings. The van der Waals surface area contributed by atoms with Crippen LogP contribution in [0, 0.1) is 5.92 Å². The molecule has 4 amide bonds. The van der Waals surface area contributed by atoms with Crippen molar-refractivity contribution in [2.45, 2.75) is 57.0 Å². The Labute approximate surface area is 212 Å². The van der Waals surface area contributed by atoms with Crippen molar-refractivity contribution in [1.82, 2.24) is 15.2 Å². The number of ether oxygens (including phenoxy) is 1. The van der Waals surface area contributed by atoms with Crippen LogP contribution in [0.3, 0.4) is 0 Å². The van der Waals surface area contributed by atoms with E-state index < -0.39 is 35.9 Å². The summed E-state index contributed by atoms with van der Waals surface area (Å²) in [5, 5.41) is 7.69. The molecule has 9 nitrogen and oxygen atoms in total. The normalized spacial score (nSPS) is 19.4. The van der Waals surface area contributed by atoms with E-state index >= 15 is 0 Å². The van der Waals surface area contributed by atoms with Gasteiger partial charge in [0.15, 0.2) is 10.8 Å². The first-order valence-corrected chi connectivity index (χ1v) is 12.8. The molecule has 0 spiro atoms. The fourth-order valence-corrected chi connectivity index (χ4v) is 5.43. The molecule has 2 N–H and O–H groups in total. The summed E-state index contributed by atoms with van der Waals surface area (Å²) in [6.07, 6.45) is 5.85. The molecule has 2 aromatic rings. The lowest BCUT2D eigenvalue weighted by Crippen LogP contribution is -2.49. The highest BCUT2D eigenvalue weighted by molar-refractivity contribution is 7.14. The molecule has 4 rings (SSSR count). The fraction of sp³-hybridized carbons (Fsp3) is 0.458. The maximum atomic E-state index is 13.4. The molecule has 0 unspecified atom stereocenters. The Balaban J connectivity index is 1.52. The lowest BCUT2D eigenvalue weighted by molar-refractivity contribution is -0.134. The number of methoxy groups -OCH3 is 1. The highest BCUT2D eigenvalue weighted by Crippen LogP contribution is 2.31. The summed E-state index contributed by atoms with van der Waals surface area (Å²) in [6.45, 7) is 0. The average molecular weight is 519 g/mol. The van der Waals surface area contributed by atoms with Gasteiger partial charge >= 0.3 is 12.0 Å². The van der Waals surface area contributed by atoms with E-state index in [1.165, 1.54) is 12.5 Å². The summed E-state index contributed by atoms with van der Waals surface area (Å²) in [5.41, 5.74) is 0.927. The third kappa shape index (κ3) is 5.99. The van der Waals surface area contributed by atoms with Crippen molar-refractivity contribution in [2.75, 3.05) is 12.4 Å². The lowest BCUT2D eigenvalue weighted by atomic mass is 9.84. The predicted octanol–water partition coefficient (Wildman–Crippen LogP) is 4.02. The summed E-state index contributed by atoms with van der Waals surface area (Å²) in [6, 6.07) is 4.73. The number of hydrogen-bond donors (Lipinski definition) is 2. The largest absolute Gasteiger partial charge is 0.464 e. The van der Waals surface area contributed by atoms with Crippen molar-refractivity contribution in [3.05, 3.63) is 45.9 Å². The van der Waals surface area contributed by atoms with Gasteiger partial charge in [-0.3, -0.25) is 9.59 Å². The minimum atomic E-state index is -0.980. The first-order valence-electron chi connectivity index (χ1n) is 11.6. The SMILES string of the molecule is COC(=O)c1csc(NC(=O)[C@@H](CC2CCCCC2)N2C(=O)N[C@H](Cc3ccc(Cl)cc3)C2=O)n1. The number of rotatable bonds is 8. The van der Waals surface area contributed by atoms with Gasteiger partial charge in [0.05, 0.1) is 7.11 Å². The zero-order valence-electron chi connectivity index (χ0n) is 19.3. The molecule has 1 aliphatic carbocycles. The molecule has 11 heteroatoms. The molecule has 2 aliphatic rings. The van der Waals surface area contributed by atoms with E-state index in [-0.39, 0.29) is 16.7 Å². The summed E-state index contributed by atoms with van der Waals surface area (Å²) in [4.78, 5) is 56.5. The van der Waals surface area contributed by atoms with Crippen molar-refractivity contribution in [1.29, 1.82) is 0 Å². The van der Waals surface area contributed by atoms with Gasteiger partial charge in [-0.25, -0.2) is 19.5 Å². The standard InChI is InChI=1S/C24H27ClN4O5S/c1-34-22(32)18-13-35-23(26-18)28-20(30)19(12-14-5-3-2-4-6-14)29-21(31)17(27-24(29)33)11-15-7-9-16(25)10-8-15/h7-10,13-14,17,19H,2-6,11-12H2,1H3,(H,27,33)(H,26,28,30)/t17-,19-/m1/s1. The molecule has 186 valence electrons.